The summed E-state index contributed by atoms with van der Waals surface area (Å²) >= 11 is 0. The van der Waals surface area contributed by atoms with Gasteiger partial charge in [-0.2, -0.15) is 0 Å². The minimum Gasteiger partial charge on any atom is -0.326 e. The van der Waals surface area contributed by atoms with Gasteiger partial charge in [-0.1, -0.05) is 12.1 Å². The molecular weight excluding hydrogens is 360 g/mol. The minimum absolute atomic E-state index is 0.118. The van der Waals surface area contributed by atoms with Gasteiger partial charge in [0.25, 0.3) is 0 Å². The van der Waals surface area contributed by atoms with Crippen LogP contribution in [0.15, 0.2) is 36.4 Å². The number of hydrogen-bond acceptors (Lipinski definition) is 3. The molecule has 0 heterocycles. The molecule has 146 valence electrons. The van der Waals surface area contributed by atoms with Gasteiger partial charge in [-0.15, -0.1) is 0 Å². The van der Waals surface area contributed by atoms with E-state index in [0.29, 0.717) is 12.1 Å². The van der Waals surface area contributed by atoms with Crippen molar-refractivity contribution in [2.24, 2.45) is 0 Å². The molecule has 0 unspecified atom stereocenters. The first-order valence-corrected chi connectivity index (χ1v) is 10.8. The van der Waals surface area contributed by atoms with Gasteiger partial charge in [-0.3, -0.25) is 9.10 Å². The number of anilines is 2. The fraction of sp³-hybridized carbons (Fsp3) is 0.381. The number of carbonyl (C=O) groups is 1. The second-order valence-electron chi connectivity index (χ2n) is 7.13. The van der Waals surface area contributed by atoms with E-state index in [1.165, 1.54) is 16.1 Å². The van der Waals surface area contributed by atoms with Gasteiger partial charge in [0.1, 0.15) is 0 Å². The Morgan fingerprint density at radius 2 is 1.59 bits per heavy atom. The Balaban J connectivity index is 2.01. The largest absolute Gasteiger partial charge is 0.326 e. The molecule has 2 aromatic rings. The van der Waals surface area contributed by atoms with E-state index in [-0.39, 0.29) is 18.9 Å². The molecule has 5 nitrogen and oxygen atoms in total. The standard InChI is InChI=1S/C21H28N2O3S/c1-15-11-16(2)13-20(12-15)23(27(5,25)26)10-6-7-21(24)22-19-9-8-17(3)18(4)14-19/h8-9,11-14H,6-7,10H2,1-5H3,(H,22,24). The van der Waals surface area contributed by atoms with Crippen molar-refractivity contribution in [1.82, 2.24) is 0 Å². The Morgan fingerprint density at radius 1 is 0.963 bits per heavy atom. The quantitative estimate of drug-likeness (QED) is 0.776. The van der Waals surface area contributed by atoms with E-state index in [1.54, 1.807) is 0 Å². The first kappa shape index (κ1) is 21.0. The topological polar surface area (TPSA) is 66.5 Å². The molecule has 0 fully saturated rings. The predicted molar refractivity (Wildman–Crippen MR) is 112 cm³/mol. The lowest BCUT2D eigenvalue weighted by Crippen LogP contribution is -2.31. The monoisotopic (exact) mass is 388 g/mol. The lowest BCUT2D eigenvalue weighted by atomic mass is 10.1. The van der Waals surface area contributed by atoms with Crippen molar-refractivity contribution in [3.63, 3.8) is 0 Å². The number of nitrogens with one attached hydrogen (secondary N) is 1. The summed E-state index contributed by atoms with van der Waals surface area (Å²) in [5, 5.41) is 2.87. The highest BCUT2D eigenvalue weighted by molar-refractivity contribution is 7.92. The molecular formula is C21H28N2O3S. The summed E-state index contributed by atoms with van der Waals surface area (Å²) in [5.74, 6) is -0.118. The van der Waals surface area contributed by atoms with Crippen LogP contribution in [0.5, 0.6) is 0 Å². The smallest absolute Gasteiger partial charge is 0.232 e. The zero-order chi connectivity index (χ0) is 20.2. The summed E-state index contributed by atoms with van der Waals surface area (Å²) in [5.41, 5.74) is 5.70. The molecule has 0 atom stereocenters. The molecule has 6 heteroatoms. The van der Waals surface area contributed by atoms with Crippen LogP contribution < -0.4 is 9.62 Å². The average Bonchev–Trinajstić information content (AvgIpc) is 2.53. The van der Waals surface area contributed by atoms with E-state index >= 15 is 0 Å². The van der Waals surface area contributed by atoms with Crippen LogP contribution >= 0.6 is 0 Å². The lowest BCUT2D eigenvalue weighted by molar-refractivity contribution is -0.116. The van der Waals surface area contributed by atoms with E-state index < -0.39 is 10.0 Å². The summed E-state index contributed by atoms with van der Waals surface area (Å²) in [6.45, 7) is 8.16. The third kappa shape index (κ3) is 6.10. The van der Waals surface area contributed by atoms with Gasteiger partial charge < -0.3 is 5.32 Å². The number of aryl methyl sites for hydroxylation is 4. The number of hydrogen-bond donors (Lipinski definition) is 1. The highest BCUT2D eigenvalue weighted by Crippen LogP contribution is 2.22. The first-order valence-electron chi connectivity index (χ1n) is 8.99. The maximum Gasteiger partial charge on any atom is 0.232 e. The van der Waals surface area contributed by atoms with Crippen LogP contribution in [0.2, 0.25) is 0 Å². The van der Waals surface area contributed by atoms with Crippen molar-refractivity contribution in [3.05, 3.63) is 58.7 Å². The number of rotatable bonds is 7. The average molecular weight is 389 g/mol. The number of benzene rings is 2. The summed E-state index contributed by atoms with van der Waals surface area (Å²) in [4.78, 5) is 12.2. The van der Waals surface area contributed by atoms with Crippen LogP contribution in [0.4, 0.5) is 11.4 Å². The number of sulfonamides is 1. The number of amides is 1. The van der Waals surface area contributed by atoms with Crippen LogP contribution in [0.1, 0.15) is 35.1 Å². The van der Waals surface area contributed by atoms with Gasteiger partial charge >= 0.3 is 0 Å². The van der Waals surface area contributed by atoms with Crippen molar-refractivity contribution >= 4 is 27.3 Å². The van der Waals surface area contributed by atoms with Gasteiger partial charge in [0.15, 0.2) is 0 Å². The van der Waals surface area contributed by atoms with Crippen LogP contribution in [0.25, 0.3) is 0 Å². The van der Waals surface area contributed by atoms with Gasteiger partial charge in [0.05, 0.1) is 11.9 Å². The van der Waals surface area contributed by atoms with E-state index in [9.17, 15) is 13.2 Å². The van der Waals surface area contributed by atoms with E-state index in [4.69, 9.17) is 0 Å². The predicted octanol–water partition coefficient (Wildman–Crippen LogP) is 4.11. The molecule has 0 aliphatic heterocycles. The van der Waals surface area contributed by atoms with Gasteiger partial charge in [0, 0.05) is 18.7 Å². The summed E-state index contributed by atoms with van der Waals surface area (Å²) in [7, 11) is -3.42. The number of carbonyl (C=O) groups excluding carboxylic acids is 1. The second-order valence-corrected chi connectivity index (χ2v) is 9.04. The third-order valence-corrected chi connectivity index (χ3v) is 5.64. The Bertz CT molecular complexity index is 916. The third-order valence-electron chi connectivity index (χ3n) is 4.45. The maximum atomic E-state index is 12.2. The highest BCUT2D eigenvalue weighted by Gasteiger charge is 2.18. The molecule has 0 aliphatic rings. The summed E-state index contributed by atoms with van der Waals surface area (Å²) < 4.78 is 25.8. The van der Waals surface area contributed by atoms with Crippen LogP contribution in [-0.2, 0) is 14.8 Å². The fourth-order valence-corrected chi connectivity index (χ4v) is 3.96. The lowest BCUT2D eigenvalue weighted by Gasteiger charge is -2.23. The number of nitrogens with zero attached hydrogens (tertiary/aromatic N) is 1. The van der Waals surface area contributed by atoms with Crippen LogP contribution in [0, 0.1) is 27.7 Å². The fourth-order valence-electron chi connectivity index (χ4n) is 3.01. The van der Waals surface area contributed by atoms with E-state index in [2.05, 4.69) is 5.32 Å². The minimum atomic E-state index is -3.42. The molecule has 0 aromatic heterocycles. The van der Waals surface area contributed by atoms with E-state index in [1.807, 2.05) is 64.1 Å². The van der Waals surface area contributed by atoms with Gasteiger partial charge in [-0.25, -0.2) is 8.42 Å². The van der Waals surface area contributed by atoms with Crippen molar-refractivity contribution in [3.8, 4) is 0 Å². The Labute approximate surface area is 162 Å². The Hall–Kier alpha value is -2.34. The van der Waals surface area contributed by atoms with Crippen molar-refractivity contribution in [2.75, 3.05) is 22.4 Å². The van der Waals surface area contributed by atoms with Crippen LogP contribution in [0.3, 0.4) is 0 Å². The summed E-state index contributed by atoms with van der Waals surface area (Å²) in [6, 6.07) is 11.5. The zero-order valence-electron chi connectivity index (χ0n) is 16.7. The molecule has 0 radical (unpaired) electrons. The van der Waals surface area contributed by atoms with Crippen LogP contribution in [-0.4, -0.2) is 27.1 Å². The van der Waals surface area contributed by atoms with Gasteiger partial charge in [0.2, 0.25) is 15.9 Å². The van der Waals surface area contributed by atoms with Crippen molar-refractivity contribution in [1.29, 1.82) is 0 Å². The molecule has 27 heavy (non-hydrogen) atoms. The summed E-state index contributed by atoms with van der Waals surface area (Å²) in [6.07, 6.45) is 1.89. The van der Waals surface area contributed by atoms with Crippen molar-refractivity contribution < 1.29 is 13.2 Å². The molecule has 2 rings (SSSR count). The molecule has 0 saturated carbocycles. The first-order chi connectivity index (χ1) is 12.6. The van der Waals surface area contributed by atoms with E-state index in [0.717, 1.165) is 22.4 Å². The molecule has 0 spiro atoms. The molecule has 1 N–H and O–H groups in total. The van der Waals surface area contributed by atoms with Crippen molar-refractivity contribution in [2.45, 2.75) is 40.5 Å². The Morgan fingerprint density at radius 3 is 2.15 bits per heavy atom. The molecule has 0 saturated heterocycles. The normalized spacial score (nSPS) is 11.3. The zero-order valence-corrected chi connectivity index (χ0v) is 17.5. The van der Waals surface area contributed by atoms with Gasteiger partial charge in [-0.05, 0) is 80.6 Å². The second kappa shape index (κ2) is 8.57. The molecule has 0 bridgehead atoms. The highest BCUT2D eigenvalue weighted by atomic mass is 32.2. The molecule has 1 amide bonds. The molecule has 2 aromatic carbocycles. The molecule has 0 aliphatic carbocycles. The Kier molecular flexibility index (Phi) is 6.65. The SMILES string of the molecule is Cc1cc(C)cc(N(CCCC(=O)Nc2ccc(C)c(C)c2)S(C)(=O)=O)c1. The maximum absolute atomic E-state index is 12.2.